The SMILES string of the molecule is CCCNCc1cc(C)nc(OCc2cccc(Br)c2)c1. The van der Waals surface area contributed by atoms with Crippen LogP contribution in [0.1, 0.15) is 30.2 Å². The van der Waals surface area contributed by atoms with Gasteiger partial charge in [0.05, 0.1) is 0 Å². The van der Waals surface area contributed by atoms with Crippen LogP contribution in [0.25, 0.3) is 0 Å². The Morgan fingerprint density at radius 2 is 2.05 bits per heavy atom. The molecule has 0 aliphatic heterocycles. The number of hydrogen-bond acceptors (Lipinski definition) is 3. The lowest BCUT2D eigenvalue weighted by Crippen LogP contribution is -2.14. The Hall–Kier alpha value is -1.39. The molecule has 0 unspecified atom stereocenters. The number of aryl methyl sites for hydroxylation is 1. The van der Waals surface area contributed by atoms with Crippen LogP contribution >= 0.6 is 15.9 Å². The highest BCUT2D eigenvalue weighted by Gasteiger charge is 2.02. The second-order valence-electron chi connectivity index (χ2n) is 5.05. The summed E-state index contributed by atoms with van der Waals surface area (Å²) in [7, 11) is 0. The second kappa shape index (κ2) is 8.15. The molecular weight excluding hydrogens is 328 g/mol. The van der Waals surface area contributed by atoms with Gasteiger partial charge in [-0.05, 0) is 49.2 Å². The molecule has 0 aliphatic rings. The van der Waals surface area contributed by atoms with Crippen LogP contribution in [0.2, 0.25) is 0 Å². The molecule has 0 spiro atoms. The minimum Gasteiger partial charge on any atom is -0.473 e. The fourth-order valence-electron chi connectivity index (χ4n) is 2.08. The molecule has 0 bridgehead atoms. The first-order chi connectivity index (χ1) is 10.2. The fourth-order valence-corrected chi connectivity index (χ4v) is 2.52. The Bertz CT molecular complexity index is 587. The lowest BCUT2D eigenvalue weighted by Gasteiger charge is -2.10. The summed E-state index contributed by atoms with van der Waals surface area (Å²) in [5.74, 6) is 0.684. The van der Waals surface area contributed by atoms with Gasteiger partial charge in [-0.15, -0.1) is 0 Å². The topological polar surface area (TPSA) is 34.2 Å². The van der Waals surface area contributed by atoms with Crippen LogP contribution in [0, 0.1) is 6.92 Å². The Labute approximate surface area is 134 Å². The molecule has 1 heterocycles. The average molecular weight is 349 g/mol. The molecule has 3 nitrogen and oxygen atoms in total. The maximum Gasteiger partial charge on any atom is 0.214 e. The molecule has 0 aliphatic carbocycles. The number of nitrogens with zero attached hydrogens (tertiary/aromatic N) is 1. The van der Waals surface area contributed by atoms with Crippen molar-refractivity contribution in [3.8, 4) is 5.88 Å². The van der Waals surface area contributed by atoms with Gasteiger partial charge in [0.2, 0.25) is 5.88 Å². The zero-order valence-corrected chi connectivity index (χ0v) is 14.1. The molecule has 4 heteroatoms. The van der Waals surface area contributed by atoms with Crippen LogP contribution in [0.15, 0.2) is 40.9 Å². The molecule has 0 atom stereocenters. The largest absolute Gasteiger partial charge is 0.473 e. The third-order valence-electron chi connectivity index (χ3n) is 3.02. The molecule has 112 valence electrons. The van der Waals surface area contributed by atoms with E-state index in [2.05, 4.69) is 45.3 Å². The standard InChI is InChI=1S/C17H21BrN2O/c1-3-7-19-11-15-8-13(2)20-17(10-15)21-12-14-5-4-6-16(18)9-14/h4-6,8-10,19H,3,7,11-12H2,1-2H3. The van der Waals surface area contributed by atoms with Crippen molar-refractivity contribution in [2.75, 3.05) is 6.54 Å². The summed E-state index contributed by atoms with van der Waals surface area (Å²) in [5, 5.41) is 3.40. The van der Waals surface area contributed by atoms with Crippen LogP contribution < -0.4 is 10.1 Å². The van der Waals surface area contributed by atoms with Crippen LogP contribution in [0.4, 0.5) is 0 Å². The highest BCUT2D eigenvalue weighted by atomic mass is 79.9. The lowest BCUT2D eigenvalue weighted by molar-refractivity contribution is 0.293. The Morgan fingerprint density at radius 3 is 2.81 bits per heavy atom. The maximum absolute atomic E-state index is 5.82. The van der Waals surface area contributed by atoms with E-state index in [1.54, 1.807) is 0 Å². The molecule has 2 aromatic rings. The van der Waals surface area contributed by atoms with E-state index in [4.69, 9.17) is 4.74 Å². The molecule has 1 aromatic heterocycles. The molecule has 0 fully saturated rings. The zero-order valence-electron chi connectivity index (χ0n) is 12.5. The van der Waals surface area contributed by atoms with Crippen molar-refractivity contribution in [1.29, 1.82) is 0 Å². The number of halogens is 1. The summed E-state index contributed by atoms with van der Waals surface area (Å²) in [6.07, 6.45) is 1.14. The highest BCUT2D eigenvalue weighted by molar-refractivity contribution is 9.10. The molecule has 0 radical (unpaired) electrons. The van der Waals surface area contributed by atoms with E-state index >= 15 is 0 Å². The second-order valence-corrected chi connectivity index (χ2v) is 5.97. The van der Waals surface area contributed by atoms with Crippen LogP contribution in [0.5, 0.6) is 5.88 Å². The fraction of sp³-hybridized carbons (Fsp3) is 0.353. The van der Waals surface area contributed by atoms with Crippen LogP contribution in [-0.4, -0.2) is 11.5 Å². The van der Waals surface area contributed by atoms with Crippen molar-refractivity contribution in [2.45, 2.75) is 33.4 Å². The first-order valence-corrected chi connectivity index (χ1v) is 8.02. The molecule has 21 heavy (non-hydrogen) atoms. The van der Waals surface area contributed by atoms with Gasteiger partial charge >= 0.3 is 0 Å². The summed E-state index contributed by atoms with van der Waals surface area (Å²) in [6, 6.07) is 12.2. The molecule has 0 saturated heterocycles. The van der Waals surface area contributed by atoms with Crippen molar-refractivity contribution in [2.24, 2.45) is 0 Å². The van der Waals surface area contributed by atoms with Gasteiger partial charge < -0.3 is 10.1 Å². The van der Waals surface area contributed by atoms with E-state index in [0.29, 0.717) is 12.5 Å². The monoisotopic (exact) mass is 348 g/mol. The van der Waals surface area contributed by atoms with Gasteiger partial charge in [0, 0.05) is 22.8 Å². The quantitative estimate of drug-likeness (QED) is 0.760. The molecule has 1 aromatic carbocycles. The highest BCUT2D eigenvalue weighted by Crippen LogP contribution is 2.16. The number of hydrogen-bond donors (Lipinski definition) is 1. The maximum atomic E-state index is 5.82. The smallest absolute Gasteiger partial charge is 0.214 e. The van der Waals surface area contributed by atoms with Gasteiger partial charge in [-0.25, -0.2) is 4.98 Å². The van der Waals surface area contributed by atoms with E-state index in [9.17, 15) is 0 Å². The number of aromatic nitrogens is 1. The number of ether oxygens (including phenoxy) is 1. The molecule has 0 amide bonds. The van der Waals surface area contributed by atoms with Crippen LogP contribution in [-0.2, 0) is 13.2 Å². The van der Waals surface area contributed by atoms with Gasteiger partial charge in [0.25, 0.3) is 0 Å². The van der Waals surface area contributed by atoms with Gasteiger partial charge in [-0.2, -0.15) is 0 Å². The number of nitrogens with one attached hydrogen (secondary N) is 1. The number of rotatable bonds is 7. The third-order valence-corrected chi connectivity index (χ3v) is 3.51. The van der Waals surface area contributed by atoms with Crippen molar-refractivity contribution >= 4 is 15.9 Å². The predicted molar refractivity (Wildman–Crippen MR) is 89.4 cm³/mol. The van der Waals surface area contributed by atoms with Crippen molar-refractivity contribution in [3.05, 3.63) is 57.7 Å². The molecule has 1 N–H and O–H groups in total. The number of benzene rings is 1. The Balaban J connectivity index is 1.99. The van der Waals surface area contributed by atoms with Crippen LogP contribution in [0.3, 0.4) is 0 Å². The zero-order chi connectivity index (χ0) is 15.1. The minimum absolute atomic E-state index is 0.526. The third kappa shape index (κ3) is 5.48. The molecule has 2 rings (SSSR count). The first kappa shape index (κ1) is 16.0. The van der Waals surface area contributed by atoms with Gasteiger partial charge in [-0.1, -0.05) is 35.0 Å². The Morgan fingerprint density at radius 1 is 1.19 bits per heavy atom. The average Bonchev–Trinajstić information content (AvgIpc) is 2.45. The van der Waals surface area contributed by atoms with E-state index in [-0.39, 0.29) is 0 Å². The summed E-state index contributed by atoms with van der Waals surface area (Å²) in [6.45, 7) is 6.56. The summed E-state index contributed by atoms with van der Waals surface area (Å²) in [5.41, 5.74) is 3.31. The van der Waals surface area contributed by atoms with E-state index in [1.165, 1.54) is 5.56 Å². The van der Waals surface area contributed by atoms with Gasteiger partial charge in [0.1, 0.15) is 6.61 Å². The van der Waals surface area contributed by atoms with E-state index in [0.717, 1.165) is 35.2 Å². The van der Waals surface area contributed by atoms with Gasteiger partial charge in [-0.3, -0.25) is 0 Å². The Kier molecular flexibility index (Phi) is 6.21. The normalized spacial score (nSPS) is 10.6. The van der Waals surface area contributed by atoms with Gasteiger partial charge in [0.15, 0.2) is 0 Å². The summed E-state index contributed by atoms with van der Waals surface area (Å²) in [4.78, 5) is 4.44. The molecule has 0 saturated carbocycles. The minimum atomic E-state index is 0.526. The lowest BCUT2D eigenvalue weighted by atomic mass is 10.2. The van der Waals surface area contributed by atoms with Crippen molar-refractivity contribution < 1.29 is 4.74 Å². The van der Waals surface area contributed by atoms with Crippen molar-refractivity contribution in [1.82, 2.24) is 10.3 Å². The first-order valence-electron chi connectivity index (χ1n) is 7.23. The van der Waals surface area contributed by atoms with E-state index in [1.807, 2.05) is 31.2 Å². The summed E-state index contributed by atoms with van der Waals surface area (Å²) >= 11 is 3.47. The number of pyridine rings is 1. The van der Waals surface area contributed by atoms with Crippen molar-refractivity contribution in [3.63, 3.8) is 0 Å². The van der Waals surface area contributed by atoms with E-state index < -0.39 is 0 Å². The summed E-state index contributed by atoms with van der Waals surface area (Å²) < 4.78 is 6.88. The predicted octanol–water partition coefficient (Wildman–Crippen LogP) is 4.23. The molecular formula is C17H21BrN2O.